The summed E-state index contributed by atoms with van der Waals surface area (Å²) in [4.78, 5) is 21.2. The highest BCUT2D eigenvalue weighted by Gasteiger charge is 2.21. The van der Waals surface area contributed by atoms with E-state index in [-0.39, 0.29) is 11.4 Å². The molecule has 164 valence electrons. The number of benzene rings is 3. The van der Waals surface area contributed by atoms with Crippen LogP contribution in [-0.4, -0.2) is 39.3 Å². The molecular formula is C22H12N8O4. The van der Waals surface area contributed by atoms with Gasteiger partial charge in [0.25, 0.3) is 11.4 Å². The van der Waals surface area contributed by atoms with Crippen molar-refractivity contribution in [3.8, 4) is 22.8 Å². The van der Waals surface area contributed by atoms with Crippen molar-refractivity contribution in [2.24, 2.45) is 0 Å². The first kappa shape index (κ1) is 19.4. The Kier molecular flexibility index (Phi) is 4.07. The Balaban J connectivity index is 1.69. The third-order valence-corrected chi connectivity index (χ3v) is 5.56. The fourth-order valence-electron chi connectivity index (χ4n) is 3.97. The predicted octanol–water partition coefficient (Wildman–Crippen LogP) is 4.08. The Morgan fingerprint density at radius 2 is 0.941 bits per heavy atom. The molecular weight excluding hydrogens is 440 g/mol. The van der Waals surface area contributed by atoms with E-state index in [1.807, 2.05) is 24.3 Å². The molecule has 0 aliphatic rings. The van der Waals surface area contributed by atoms with Crippen LogP contribution in [0.5, 0.6) is 0 Å². The van der Waals surface area contributed by atoms with Gasteiger partial charge in [-0.2, -0.15) is 0 Å². The van der Waals surface area contributed by atoms with Gasteiger partial charge in [-0.3, -0.25) is 20.2 Å². The van der Waals surface area contributed by atoms with Crippen LogP contribution in [0.25, 0.3) is 44.8 Å². The SMILES string of the molecule is O=[N+]([O-])c1ccc(-c2nnc3c4ccccc4c4nnc(-c5ccc([N+](=O)[O-])cc5)n4n23)cc1. The van der Waals surface area contributed by atoms with Crippen LogP contribution in [0.15, 0.2) is 72.8 Å². The topological polar surface area (TPSA) is 147 Å². The first-order chi connectivity index (χ1) is 16.5. The standard InChI is InChI=1S/C22H12N8O4/c31-29(32)15-9-5-13(6-10-15)19-23-25-21-17-3-1-2-4-18(17)22-26-24-20(28(22)27(19)21)14-7-11-16(12-8-14)30(33)34/h1-12H. The summed E-state index contributed by atoms with van der Waals surface area (Å²) in [5.74, 6) is 0.868. The van der Waals surface area contributed by atoms with E-state index in [9.17, 15) is 20.2 Å². The van der Waals surface area contributed by atoms with Gasteiger partial charge in [-0.25, -0.2) is 9.03 Å². The molecule has 0 saturated heterocycles. The summed E-state index contributed by atoms with van der Waals surface area (Å²) >= 11 is 0. The first-order valence-electron chi connectivity index (χ1n) is 10.0. The maximum absolute atomic E-state index is 11.1. The first-order valence-corrected chi connectivity index (χ1v) is 10.0. The normalized spacial score (nSPS) is 11.4. The maximum Gasteiger partial charge on any atom is 0.269 e. The lowest BCUT2D eigenvalue weighted by atomic mass is 10.1. The Morgan fingerprint density at radius 1 is 0.559 bits per heavy atom. The zero-order chi connectivity index (χ0) is 23.4. The molecule has 3 heterocycles. The van der Waals surface area contributed by atoms with E-state index in [1.54, 1.807) is 33.3 Å². The van der Waals surface area contributed by atoms with Crippen LogP contribution in [0.1, 0.15) is 0 Å². The summed E-state index contributed by atoms with van der Waals surface area (Å²) in [6.45, 7) is 0. The van der Waals surface area contributed by atoms with E-state index in [1.165, 1.54) is 24.3 Å². The summed E-state index contributed by atoms with van der Waals surface area (Å²) in [6, 6.07) is 19.6. The number of nitro benzene ring substituents is 2. The molecule has 0 spiro atoms. The second-order valence-corrected chi connectivity index (χ2v) is 7.47. The smallest absolute Gasteiger partial charge is 0.258 e. The number of hydrogen-bond donors (Lipinski definition) is 0. The van der Waals surface area contributed by atoms with Gasteiger partial charge in [-0.15, -0.1) is 20.4 Å². The molecule has 0 bridgehead atoms. The maximum atomic E-state index is 11.1. The summed E-state index contributed by atoms with van der Waals surface area (Å²) in [5.41, 5.74) is 2.22. The molecule has 0 amide bonds. The molecule has 3 aromatic heterocycles. The van der Waals surface area contributed by atoms with Crippen molar-refractivity contribution in [2.45, 2.75) is 0 Å². The average Bonchev–Trinajstić information content (AvgIpc) is 3.49. The molecule has 6 aromatic rings. The number of non-ortho nitro benzene ring substituents is 2. The van der Waals surface area contributed by atoms with Crippen LogP contribution in [0.3, 0.4) is 0 Å². The highest BCUT2D eigenvalue weighted by Crippen LogP contribution is 2.30. The Bertz CT molecular complexity index is 1620. The molecule has 3 aromatic carbocycles. The van der Waals surface area contributed by atoms with Crippen molar-refractivity contribution < 1.29 is 9.85 Å². The number of fused-ring (bicyclic) bond motifs is 6. The number of rotatable bonds is 4. The van der Waals surface area contributed by atoms with E-state index in [0.29, 0.717) is 34.1 Å². The minimum atomic E-state index is -0.468. The molecule has 12 nitrogen and oxygen atoms in total. The van der Waals surface area contributed by atoms with Gasteiger partial charge in [0.05, 0.1) is 9.85 Å². The van der Waals surface area contributed by atoms with Gasteiger partial charge in [0.1, 0.15) is 0 Å². The lowest BCUT2D eigenvalue weighted by Gasteiger charge is -2.09. The van der Waals surface area contributed by atoms with E-state index < -0.39 is 9.85 Å². The van der Waals surface area contributed by atoms with Crippen molar-refractivity contribution in [3.05, 3.63) is 93.0 Å². The minimum absolute atomic E-state index is 0.0379. The molecule has 0 radical (unpaired) electrons. The van der Waals surface area contributed by atoms with Crippen LogP contribution < -0.4 is 0 Å². The summed E-state index contributed by atoms with van der Waals surface area (Å²) in [7, 11) is 0. The van der Waals surface area contributed by atoms with Crippen LogP contribution in [0.2, 0.25) is 0 Å². The number of nitrogens with zero attached hydrogens (tertiary/aromatic N) is 8. The third kappa shape index (κ3) is 2.79. The number of aromatic nitrogens is 6. The van der Waals surface area contributed by atoms with Crippen molar-refractivity contribution in [3.63, 3.8) is 0 Å². The van der Waals surface area contributed by atoms with Crippen LogP contribution >= 0.6 is 0 Å². The van der Waals surface area contributed by atoms with Gasteiger partial charge >= 0.3 is 0 Å². The quantitative estimate of drug-likeness (QED) is 0.287. The zero-order valence-electron chi connectivity index (χ0n) is 17.1. The number of hydrogen-bond acceptors (Lipinski definition) is 8. The summed E-state index contributed by atoms with van der Waals surface area (Å²) < 4.78 is 3.49. The van der Waals surface area contributed by atoms with Crippen LogP contribution in [0, 0.1) is 20.2 Å². The van der Waals surface area contributed by atoms with Gasteiger partial charge in [-0.05, 0) is 24.3 Å². The monoisotopic (exact) mass is 452 g/mol. The second kappa shape index (κ2) is 7.13. The fraction of sp³-hybridized carbons (Fsp3) is 0. The highest BCUT2D eigenvalue weighted by atomic mass is 16.6. The van der Waals surface area contributed by atoms with E-state index in [4.69, 9.17) is 0 Å². The van der Waals surface area contributed by atoms with Gasteiger partial charge in [0, 0.05) is 46.2 Å². The van der Waals surface area contributed by atoms with Gasteiger partial charge in [-0.1, -0.05) is 24.3 Å². The molecule has 0 unspecified atom stereocenters. The Labute approximate surface area is 189 Å². The predicted molar refractivity (Wildman–Crippen MR) is 121 cm³/mol. The van der Waals surface area contributed by atoms with E-state index in [2.05, 4.69) is 20.4 Å². The third-order valence-electron chi connectivity index (χ3n) is 5.56. The lowest BCUT2D eigenvalue weighted by Crippen LogP contribution is -2.05. The van der Waals surface area contributed by atoms with Gasteiger partial charge in [0.15, 0.2) is 22.9 Å². The van der Waals surface area contributed by atoms with Crippen LogP contribution in [-0.2, 0) is 0 Å². The van der Waals surface area contributed by atoms with Crippen LogP contribution in [0.4, 0.5) is 11.4 Å². The van der Waals surface area contributed by atoms with E-state index >= 15 is 0 Å². The molecule has 0 aliphatic heterocycles. The minimum Gasteiger partial charge on any atom is -0.258 e. The van der Waals surface area contributed by atoms with Crippen molar-refractivity contribution in [2.75, 3.05) is 0 Å². The fourth-order valence-corrected chi connectivity index (χ4v) is 3.97. The molecule has 0 N–H and O–H groups in total. The average molecular weight is 452 g/mol. The van der Waals surface area contributed by atoms with Crippen molar-refractivity contribution in [1.82, 2.24) is 29.4 Å². The second-order valence-electron chi connectivity index (χ2n) is 7.47. The summed E-state index contributed by atoms with van der Waals surface area (Å²) in [5, 5.41) is 41.3. The van der Waals surface area contributed by atoms with Crippen molar-refractivity contribution in [1.29, 1.82) is 0 Å². The Hall–Kier alpha value is -5.26. The van der Waals surface area contributed by atoms with Gasteiger partial charge in [0.2, 0.25) is 0 Å². The largest absolute Gasteiger partial charge is 0.269 e. The zero-order valence-corrected chi connectivity index (χ0v) is 17.1. The molecule has 34 heavy (non-hydrogen) atoms. The number of nitro groups is 2. The molecule has 0 saturated carbocycles. The molecule has 6 rings (SSSR count). The molecule has 0 aliphatic carbocycles. The molecule has 12 heteroatoms. The lowest BCUT2D eigenvalue weighted by molar-refractivity contribution is -0.385. The Morgan fingerprint density at radius 3 is 1.29 bits per heavy atom. The molecule has 0 atom stereocenters. The summed E-state index contributed by atoms with van der Waals surface area (Å²) in [6.07, 6.45) is 0. The highest BCUT2D eigenvalue weighted by molar-refractivity contribution is 6.02. The van der Waals surface area contributed by atoms with Gasteiger partial charge < -0.3 is 0 Å². The van der Waals surface area contributed by atoms with E-state index in [0.717, 1.165) is 10.8 Å². The molecule has 0 fully saturated rings. The van der Waals surface area contributed by atoms with Crippen molar-refractivity contribution >= 4 is 33.4 Å².